The number of hydrogen-bond acceptors (Lipinski definition) is 3. The molecule has 1 aromatic heterocycles. The number of benzene rings is 1. The van der Waals surface area contributed by atoms with Gasteiger partial charge in [-0.3, -0.25) is 4.90 Å². The molecule has 1 saturated heterocycles. The Kier molecular flexibility index (Phi) is 5.32. The van der Waals surface area contributed by atoms with Crippen molar-refractivity contribution in [3.63, 3.8) is 0 Å². The highest BCUT2D eigenvalue weighted by atomic mass is 35.5. The third kappa shape index (κ3) is 4.01. The highest BCUT2D eigenvalue weighted by Gasteiger charge is 2.44. The van der Waals surface area contributed by atoms with Crippen molar-refractivity contribution in [2.75, 3.05) is 19.7 Å². The Morgan fingerprint density at radius 1 is 1.18 bits per heavy atom. The molecule has 1 aliphatic carbocycles. The molecular weight excluding hydrogens is 382 g/mol. The fourth-order valence-corrected chi connectivity index (χ4v) is 4.22. The van der Waals surface area contributed by atoms with Gasteiger partial charge >= 0.3 is 0 Å². The molecule has 0 atom stereocenters. The molecule has 28 heavy (non-hydrogen) atoms. The first-order valence-electron chi connectivity index (χ1n) is 9.86. The summed E-state index contributed by atoms with van der Waals surface area (Å²) in [6, 6.07) is 5.92. The molecule has 0 N–H and O–H groups in total. The molecule has 2 aliphatic rings. The fourth-order valence-electron chi connectivity index (χ4n) is 4.03. The maximum absolute atomic E-state index is 14.6. The van der Waals surface area contributed by atoms with E-state index in [1.54, 1.807) is 19.1 Å². The minimum Gasteiger partial charge on any atom is -0.487 e. The first kappa shape index (κ1) is 19.6. The predicted molar refractivity (Wildman–Crippen MR) is 107 cm³/mol. The molecule has 2 heterocycles. The molecule has 3 nitrogen and oxygen atoms in total. The molecule has 1 saturated carbocycles. The van der Waals surface area contributed by atoms with Gasteiger partial charge in [0.05, 0.1) is 6.61 Å². The molecular formula is C22H25ClF2N2O. The van der Waals surface area contributed by atoms with Crippen LogP contribution in [0.25, 0.3) is 11.1 Å². The maximum Gasteiger partial charge on any atom is 0.190 e. The van der Waals surface area contributed by atoms with Crippen LogP contribution < -0.4 is 4.74 Å². The number of rotatable bonds is 5. The highest BCUT2D eigenvalue weighted by Crippen LogP contribution is 2.43. The number of nitrogens with zero attached hydrogens (tertiary/aromatic N) is 2. The SMILES string of the molecule is Cc1nc(Cl)ccc1-c1cc(F)c(OCC2CCN(C3(C)CC3)CC2)c(F)c1. The Bertz CT molecular complexity index is 854. The quantitative estimate of drug-likeness (QED) is 0.601. The molecule has 0 spiro atoms. The smallest absolute Gasteiger partial charge is 0.190 e. The molecule has 6 heteroatoms. The summed E-state index contributed by atoms with van der Waals surface area (Å²) in [5, 5.41) is 0.351. The van der Waals surface area contributed by atoms with Gasteiger partial charge in [0.15, 0.2) is 17.4 Å². The minimum atomic E-state index is -0.688. The lowest BCUT2D eigenvalue weighted by molar-refractivity contribution is 0.100. The van der Waals surface area contributed by atoms with Crippen molar-refractivity contribution in [3.8, 4) is 16.9 Å². The zero-order valence-corrected chi connectivity index (χ0v) is 17.0. The second-order valence-electron chi connectivity index (χ2n) is 8.27. The van der Waals surface area contributed by atoms with Gasteiger partial charge in [-0.15, -0.1) is 0 Å². The van der Waals surface area contributed by atoms with E-state index in [1.807, 2.05) is 0 Å². The van der Waals surface area contributed by atoms with Crippen molar-refractivity contribution in [2.45, 2.75) is 45.1 Å². The Balaban J connectivity index is 1.41. The van der Waals surface area contributed by atoms with E-state index in [9.17, 15) is 8.78 Å². The van der Waals surface area contributed by atoms with Crippen LogP contribution in [0.5, 0.6) is 5.75 Å². The van der Waals surface area contributed by atoms with Gasteiger partial charge in [-0.05, 0) is 88.4 Å². The van der Waals surface area contributed by atoms with E-state index in [0.717, 1.165) is 25.9 Å². The number of ether oxygens (including phenoxy) is 1. The summed E-state index contributed by atoms with van der Waals surface area (Å²) < 4.78 is 34.7. The Morgan fingerprint density at radius 3 is 2.39 bits per heavy atom. The minimum absolute atomic E-state index is 0.292. The van der Waals surface area contributed by atoms with E-state index in [4.69, 9.17) is 16.3 Å². The summed E-state index contributed by atoms with van der Waals surface area (Å²) in [6.45, 7) is 6.50. The van der Waals surface area contributed by atoms with Crippen molar-refractivity contribution < 1.29 is 13.5 Å². The lowest BCUT2D eigenvalue weighted by atomic mass is 9.96. The lowest BCUT2D eigenvalue weighted by Gasteiger charge is -2.36. The molecule has 0 unspecified atom stereocenters. The van der Waals surface area contributed by atoms with E-state index in [1.165, 1.54) is 25.0 Å². The molecule has 0 amide bonds. The highest BCUT2D eigenvalue weighted by molar-refractivity contribution is 6.29. The predicted octanol–water partition coefficient (Wildman–Crippen LogP) is 5.63. The zero-order valence-electron chi connectivity index (χ0n) is 16.3. The van der Waals surface area contributed by atoms with Gasteiger partial charge in [0.25, 0.3) is 0 Å². The Labute approximate surface area is 169 Å². The Morgan fingerprint density at radius 2 is 1.82 bits per heavy atom. The lowest BCUT2D eigenvalue weighted by Crippen LogP contribution is -2.42. The molecule has 150 valence electrons. The van der Waals surface area contributed by atoms with Crippen molar-refractivity contribution in [3.05, 3.63) is 46.7 Å². The van der Waals surface area contributed by atoms with Crippen LogP contribution in [0.4, 0.5) is 8.78 Å². The van der Waals surface area contributed by atoms with Gasteiger partial charge in [0.2, 0.25) is 0 Å². The summed E-state index contributed by atoms with van der Waals surface area (Å²) in [5.74, 6) is -1.33. The molecule has 1 aliphatic heterocycles. The summed E-state index contributed by atoms with van der Waals surface area (Å²) >= 11 is 5.86. The average molecular weight is 407 g/mol. The van der Waals surface area contributed by atoms with E-state index in [2.05, 4.69) is 16.8 Å². The van der Waals surface area contributed by atoms with E-state index in [-0.39, 0.29) is 5.75 Å². The van der Waals surface area contributed by atoms with Crippen LogP contribution in [-0.4, -0.2) is 35.1 Å². The normalized spacial score (nSPS) is 19.6. The van der Waals surface area contributed by atoms with Crippen LogP contribution in [0.1, 0.15) is 38.3 Å². The van der Waals surface area contributed by atoms with Gasteiger partial charge in [-0.2, -0.15) is 0 Å². The van der Waals surface area contributed by atoms with Gasteiger partial charge < -0.3 is 4.74 Å². The number of hydrogen-bond donors (Lipinski definition) is 0. The fraction of sp³-hybridized carbons (Fsp3) is 0.500. The second-order valence-corrected chi connectivity index (χ2v) is 8.66. The first-order chi connectivity index (χ1) is 13.4. The largest absolute Gasteiger partial charge is 0.487 e. The Hall–Kier alpha value is -1.72. The molecule has 2 aromatic rings. The van der Waals surface area contributed by atoms with Crippen LogP contribution >= 0.6 is 11.6 Å². The van der Waals surface area contributed by atoms with Gasteiger partial charge in [0, 0.05) is 16.8 Å². The average Bonchev–Trinajstić information content (AvgIpc) is 3.40. The topological polar surface area (TPSA) is 25.4 Å². The van der Waals surface area contributed by atoms with Gasteiger partial charge in [0.1, 0.15) is 5.15 Å². The monoisotopic (exact) mass is 406 g/mol. The number of aromatic nitrogens is 1. The summed E-state index contributed by atoms with van der Waals surface area (Å²) in [5.41, 5.74) is 2.09. The van der Waals surface area contributed by atoms with E-state index >= 15 is 0 Å². The number of piperidine rings is 1. The van der Waals surface area contributed by atoms with E-state index in [0.29, 0.717) is 40.0 Å². The van der Waals surface area contributed by atoms with Crippen molar-refractivity contribution >= 4 is 11.6 Å². The summed E-state index contributed by atoms with van der Waals surface area (Å²) in [7, 11) is 0. The molecule has 4 rings (SSSR count). The van der Waals surface area contributed by atoms with Gasteiger partial charge in [-0.25, -0.2) is 13.8 Å². The van der Waals surface area contributed by atoms with Crippen molar-refractivity contribution in [1.29, 1.82) is 0 Å². The molecule has 2 fully saturated rings. The standard InChI is InChI=1S/C22H25ClF2N2O/c1-14-17(3-4-20(23)26-14)16-11-18(24)21(19(25)12-16)28-13-15-5-9-27(10-6-15)22(2)7-8-22/h3-4,11-12,15H,5-10,13H2,1-2H3. The molecule has 0 bridgehead atoms. The third-order valence-electron chi connectivity index (χ3n) is 6.18. The van der Waals surface area contributed by atoms with Crippen LogP contribution in [0.3, 0.4) is 0 Å². The number of pyridine rings is 1. The third-order valence-corrected chi connectivity index (χ3v) is 6.39. The maximum atomic E-state index is 14.6. The number of aryl methyl sites for hydroxylation is 1. The number of likely N-dealkylation sites (tertiary alicyclic amines) is 1. The van der Waals surface area contributed by atoms with Crippen molar-refractivity contribution in [1.82, 2.24) is 9.88 Å². The first-order valence-corrected chi connectivity index (χ1v) is 10.2. The zero-order chi connectivity index (χ0) is 19.9. The second kappa shape index (κ2) is 7.60. The van der Waals surface area contributed by atoms with Crippen LogP contribution in [0, 0.1) is 24.5 Å². The molecule has 1 aromatic carbocycles. The summed E-state index contributed by atoms with van der Waals surface area (Å²) in [4.78, 5) is 6.69. The van der Waals surface area contributed by atoms with Crippen LogP contribution in [-0.2, 0) is 0 Å². The van der Waals surface area contributed by atoms with Crippen LogP contribution in [0.15, 0.2) is 24.3 Å². The van der Waals surface area contributed by atoms with Crippen molar-refractivity contribution in [2.24, 2.45) is 5.92 Å². The van der Waals surface area contributed by atoms with Gasteiger partial charge in [-0.1, -0.05) is 11.6 Å². The van der Waals surface area contributed by atoms with Crippen LogP contribution in [0.2, 0.25) is 5.15 Å². The number of halogens is 3. The van der Waals surface area contributed by atoms with E-state index < -0.39 is 11.6 Å². The molecule has 0 radical (unpaired) electrons. The summed E-state index contributed by atoms with van der Waals surface area (Å²) in [6.07, 6.45) is 4.57.